The Hall–Kier alpha value is -1.59. The highest BCUT2D eigenvalue weighted by atomic mass is 32.2. The van der Waals surface area contributed by atoms with Gasteiger partial charge in [0.1, 0.15) is 11.5 Å². The summed E-state index contributed by atoms with van der Waals surface area (Å²) in [7, 11) is -1.31. The minimum atomic E-state index is -3.16. The standard InChI is InChI=1S/C15H19NO3S/c1-4-12-7-10-14(19-12)15(16-2)11-5-8-13(9-6-11)20(3,17)18/h5-10,15-16H,4H2,1-3H3. The van der Waals surface area contributed by atoms with E-state index in [4.69, 9.17) is 4.42 Å². The molecule has 2 rings (SSSR count). The topological polar surface area (TPSA) is 59.3 Å². The molecular weight excluding hydrogens is 274 g/mol. The molecule has 1 atom stereocenters. The summed E-state index contributed by atoms with van der Waals surface area (Å²) < 4.78 is 28.7. The van der Waals surface area contributed by atoms with E-state index in [0.29, 0.717) is 4.90 Å². The maximum atomic E-state index is 11.5. The van der Waals surface area contributed by atoms with Crippen LogP contribution in [0.1, 0.15) is 30.0 Å². The molecule has 2 aromatic rings. The van der Waals surface area contributed by atoms with Crippen molar-refractivity contribution in [1.82, 2.24) is 5.32 Å². The maximum Gasteiger partial charge on any atom is 0.175 e. The number of benzene rings is 1. The smallest absolute Gasteiger partial charge is 0.175 e. The average molecular weight is 293 g/mol. The van der Waals surface area contributed by atoms with Gasteiger partial charge < -0.3 is 9.73 Å². The minimum absolute atomic E-state index is 0.0797. The van der Waals surface area contributed by atoms with E-state index in [0.717, 1.165) is 23.5 Å². The van der Waals surface area contributed by atoms with E-state index in [1.54, 1.807) is 12.1 Å². The van der Waals surface area contributed by atoms with Crippen LogP contribution in [0.5, 0.6) is 0 Å². The van der Waals surface area contributed by atoms with E-state index in [-0.39, 0.29) is 6.04 Å². The third-order valence-electron chi connectivity index (χ3n) is 3.25. The van der Waals surface area contributed by atoms with Crippen molar-refractivity contribution >= 4 is 9.84 Å². The van der Waals surface area contributed by atoms with Gasteiger partial charge in [-0.15, -0.1) is 0 Å². The summed E-state index contributed by atoms with van der Waals surface area (Å²) in [5.74, 6) is 1.77. The van der Waals surface area contributed by atoms with Crippen LogP contribution in [0.3, 0.4) is 0 Å². The minimum Gasteiger partial charge on any atom is -0.464 e. The van der Waals surface area contributed by atoms with Crippen LogP contribution < -0.4 is 5.32 Å². The Morgan fingerprint density at radius 3 is 2.25 bits per heavy atom. The lowest BCUT2D eigenvalue weighted by Crippen LogP contribution is -2.17. The first kappa shape index (κ1) is 14.8. The van der Waals surface area contributed by atoms with Gasteiger partial charge in [0, 0.05) is 12.7 Å². The Labute approximate surface area is 119 Å². The van der Waals surface area contributed by atoms with Gasteiger partial charge in [-0.25, -0.2) is 8.42 Å². The second kappa shape index (κ2) is 5.81. The molecule has 0 saturated carbocycles. The van der Waals surface area contributed by atoms with Gasteiger partial charge in [0.25, 0.3) is 0 Å². The van der Waals surface area contributed by atoms with Gasteiger partial charge >= 0.3 is 0 Å². The molecule has 20 heavy (non-hydrogen) atoms. The van der Waals surface area contributed by atoms with Crippen LogP contribution in [0.2, 0.25) is 0 Å². The van der Waals surface area contributed by atoms with Gasteiger partial charge in [0.05, 0.1) is 10.9 Å². The van der Waals surface area contributed by atoms with Crippen LogP contribution in [-0.4, -0.2) is 21.7 Å². The van der Waals surface area contributed by atoms with Crippen molar-refractivity contribution in [3.63, 3.8) is 0 Å². The molecule has 108 valence electrons. The molecule has 4 nitrogen and oxygen atoms in total. The van der Waals surface area contributed by atoms with Gasteiger partial charge in [-0.3, -0.25) is 0 Å². The van der Waals surface area contributed by atoms with E-state index in [2.05, 4.69) is 5.32 Å². The summed E-state index contributed by atoms with van der Waals surface area (Å²) in [5, 5.41) is 3.19. The summed E-state index contributed by atoms with van der Waals surface area (Å²) in [6.45, 7) is 2.04. The lowest BCUT2D eigenvalue weighted by molar-refractivity contribution is 0.434. The summed E-state index contributed by atoms with van der Waals surface area (Å²) in [6.07, 6.45) is 2.06. The van der Waals surface area contributed by atoms with Crippen molar-refractivity contribution in [3.8, 4) is 0 Å². The van der Waals surface area contributed by atoms with E-state index in [1.165, 1.54) is 6.26 Å². The molecule has 0 aliphatic heterocycles. The van der Waals surface area contributed by atoms with Crippen LogP contribution >= 0.6 is 0 Å². The number of furan rings is 1. The number of hydrogen-bond donors (Lipinski definition) is 1. The van der Waals surface area contributed by atoms with Gasteiger partial charge in [-0.05, 0) is 36.9 Å². The highest BCUT2D eigenvalue weighted by Gasteiger charge is 2.16. The fraction of sp³-hybridized carbons (Fsp3) is 0.333. The second-order valence-electron chi connectivity index (χ2n) is 4.72. The Morgan fingerprint density at radius 1 is 1.15 bits per heavy atom. The first-order valence-corrected chi connectivity index (χ1v) is 8.40. The zero-order valence-corrected chi connectivity index (χ0v) is 12.7. The molecule has 1 aromatic heterocycles. The maximum absolute atomic E-state index is 11.5. The molecule has 0 amide bonds. The fourth-order valence-electron chi connectivity index (χ4n) is 2.12. The van der Waals surface area contributed by atoms with Gasteiger partial charge in [0.2, 0.25) is 0 Å². The van der Waals surface area contributed by atoms with Crippen molar-refractivity contribution in [2.45, 2.75) is 24.3 Å². The SMILES string of the molecule is CCc1ccc(C(NC)c2ccc(S(C)(=O)=O)cc2)o1. The normalized spacial score (nSPS) is 13.3. The molecule has 1 N–H and O–H groups in total. The van der Waals surface area contributed by atoms with Gasteiger partial charge in [-0.2, -0.15) is 0 Å². The fourth-order valence-corrected chi connectivity index (χ4v) is 2.75. The van der Waals surface area contributed by atoms with Crippen LogP contribution in [0.25, 0.3) is 0 Å². The number of sulfone groups is 1. The Balaban J connectivity index is 2.32. The van der Waals surface area contributed by atoms with Crippen molar-refractivity contribution < 1.29 is 12.8 Å². The van der Waals surface area contributed by atoms with Crippen molar-refractivity contribution in [2.24, 2.45) is 0 Å². The predicted octanol–water partition coefficient (Wildman–Crippen LogP) is 2.55. The average Bonchev–Trinajstić information content (AvgIpc) is 2.88. The molecule has 1 unspecified atom stereocenters. The van der Waals surface area contributed by atoms with E-state index < -0.39 is 9.84 Å². The third-order valence-corrected chi connectivity index (χ3v) is 4.37. The summed E-state index contributed by atoms with van der Waals surface area (Å²) in [6, 6.07) is 10.7. The van der Waals surface area contributed by atoms with Crippen molar-refractivity contribution in [3.05, 3.63) is 53.5 Å². The largest absolute Gasteiger partial charge is 0.464 e. The molecule has 5 heteroatoms. The number of nitrogens with one attached hydrogen (secondary N) is 1. The van der Waals surface area contributed by atoms with Crippen LogP contribution in [-0.2, 0) is 16.3 Å². The molecule has 0 spiro atoms. The number of rotatable bonds is 5. The zero-order valence-electron chi connectivity index (χ0n) is 11.9. The van der Waals surface area contributed by atoms with Crippen LogP contribution in [0.4, 0.5) is 0 Å². The highest BCUT2D eigenvalue weighted by molar-refractivity contribution is 7.90. The molecule has 0 bridgehead atoms. The zero-order chi connectivity index (χ0) is 14.8. The quantitative estimate of drug-likeness (QED) is 0.920. The second-order valence-corrected chi connectivity index (χ2v) is 6.74. The molecule has 1 aromatic carbocycles. The van der Waals surface area contributed by atoms with Crippen LogP contribution in [0, 0.1) is 0 Å². The first-order valence-electron chi connectivity index (χ1n) is 6.51. The third kappa shape index (κ3) is 3.11. The highest BCUT2D eigenvalue weighted by Crippen LogP contribution is 2.25. The Kier molecular flexibility index (Phi) is 4.30. The molecule has 0 saturated heterocycles. The van der Waals surface area contributed by atoms with E-state index in [9.17, 15) is 8.42 Å². The monoisotopic (exact) mass is 293 g/mol. The predicted molar refractivity (Wildman–Crippen MR) is 78.5 cm³/mol. The molecule has 0 aliphatic rings. The summed E-state index contributed by atoms with van der Waals surface area (Å²) >= 11 is 0. The molecule has 0 fully saturated rings. The molecular formula is C15H19NO3S. The van der Waals surface area contributed by atoms with Crippen LogP contribution in [0.15, 0.2) is 45.7 Å². The number of aryl methyl sites for hydroxylation is 1. The van der Waals surface area contributed by atoms with Gasteiger partial charge in [-0.1, -0.05) is 19.1 Å². The first-order chi connectivity index (χ1) is 9.45. The van der Waals surface area contributed by atoms with E-state index in [1.807, 2.05) is 38.2 Å². The molecule has 0 aliphatic carbocycles. The summed E-state index contributed by atoms with van der Waals surface area (Å²) in [5.41, 5.74) is 0.969. The summed E-state index contributed by atoms with van der Waals surface area (Å²) in [4.78, 5) is 0.324. The molecule has 1 heterocycles. The Bertz CT molecular complexity index is 671. The van der Waals surface area contributed by atoms with Crippen molar-refractivity contribution in [2.75, 3.05) is 13.3 Å². The van der Waals surface area contributed by atoms with Crippen molar-refractivity contribution in [1.29, 1.82) is 0 Å². The lowest BCUT2D eigenvalue weighted by Gasteiger charge is -2.14. The lowest BCUT2D eigenvalue weighted by atomic mass is 10.1. The number of hydrogen-bond acceptors (Lipinski definition) is 4. The van der Waals surface area contributed by atoms with Gasteiger partial charge in [0.15, 0.2) is 9.84 Å². The Morgan fingerprint density at radius 2 is 1.80 bits per heavy atom. The molecule has 0 radical (unpaired) electrons. The van der Waals surface area contributed by atoms with E-state index >= 15 is 0 Å².